The van der Waals surface area contributed by atoms with Crippen LogP contribution in [0.25, 0.3) is 0 Å². The second kappa shape index (κ2) is 6.54. The third-order valence-corrected chi connectivity index (χ3v) is 6.92. The molecule has 0 radical (unpaired) electrons. The minimum atomic E-state index is -3.90. The van der Waals surface area contributed by atoms with Gasteiger partial charge in [0, 0.05) is 27.9 Å². The van der Waals surface area contributed by atoms with Gasteiger partial charge in [-0.2, -0.15) is 11.8 Å². The van der Waals surface area contributed by atoms with Crippen molar-refractivity contribution in [2.75, 3.05) is 12.3 Å². The maximum atomic E-state index is 14.2. The zero-order chi connectivity index (χ0) is 15.7. The first kappa shape index (κ1) is 17.2. The standard InChI is InChI=1S/C13H18BrFN2O2S2/c1-13(3-2-4-20-13)8-17-21(18,19)11-6-10(14)5-9(7-16)12(11)15/h5-6,17H,2-4,7-8,16H2,1H3. The van der Waals surface area contributed by atoms with Gasteiger partial charge in [-0.15, -0.1) is 0 Å². The van der Waals surface area contributed by atoms with Gasteiger partial charge in [-0.05, 0) is 37.7 Å². The normalized spacial score (nSPS) is 22.7. The lowest BCUT2D eigenvalue weighted by molar-refractivity contribution is 0.535. The Kier molecular flexibility index (Phi) is 5.36. The average Bonchev–Trinajstić information content (AvgIpc) is 2.86. The van der Waals surface area contributed by atoms with Gasteiger partial charge < -0.3 is 5.73 Å². The summed E-state index contributed by atoms with van der Waals surface area (Å²) < 4.78 is 41.8. The predicted octanol–water partition coefficient (Wildman–Crippen LogP) is 2.61. The molecule has 8 heteroatoms. The third-order valence-electron chi connectivity index (χ3n) is 3.53. The third kappa shape index (κ3) is 3.98. The minimum Gasteiger partial charge on any atom is -0.326 e. The highest BCUT2D eigenvalue weighted by molar-refractivity contribution is 9.10. The molecule has 1 saturated heterocycles. The van der Waals surface area contributed by atoms with Crippen LogP contribution in [-0.4, -0.2) is 25.5 Å². The summed E-state index contributed by atoms with van der Waals surface area (Å²) in [6.45, 7) is 2.26. The van der Waals surface area contributed by atoms with Gasteiger partial charge in [-0.1, -0.05) is 15.9 Å². The summed E-state index contributed by atoms with van der Waals surface area (Å²) in [7, 11) is -3.90. The van der Waals surface area contributed by atoms with Gasteiger partial charge in [0.1, 0.15) is 10.7 Å². The summed E-state index contributed by atoms with van der Waals surface area (Å²) in [4.78, 5) is -0.357. The molecule has 0 saturated carbocycles. The Balaban J connectivity index is 2.25. The number of halogens is 2. The lowest BCUT2D eigenvalue weighted by Gasteiger charge is -2.23. The number of benzene rings is 1. The van der Waals surface area contributed by atoms with E-state index in [1.165, 1.54) is 12.1 Å². The van der Waals surface area contributed by atoms with Crippen LogP contribution in [0.2, 0.25) is 0 Å². The molecule has 3 N–H and O–H groups in total. The number of thioether (sulfide) groups is 1. The summed E-state index contributed by atoms with van der Waals surface area (Å²) in [6, 6.07) is 2.75. The van der Waals surface area contributed by atoms with Gasteiger partial charge in [0.05, 0.1) is 0 Å². The van der Waals surface area contributed by atoms with Crippen molar-refractivity contribution in [3.63, 3.8) is 0 Å². The van der Waals surface area contributed by atoms with E-state index in [-0.39, 0.29) is 21.8 Å². The minimum absolute atomic E-state index is 0.0542. The zero-order valence-corrected chi connectivity index (χ0v) is 14.9. The fourth-order valence-electron chi connectivity index (χ4n) is 2.26. The molecule has 2 rings (SSSR count). The van der Waals surface area contributed by atoms with Crippen molar-refractivity contribution in [3.05, 3.63) is 28.0 Å². The van der Waals surface area contributed by atoms with Crippen molar-refractivity contribution in [2.24, 2.45) is 5.73 Å². The molecule has 0 bridgehead atoms. The van der Waals surface area contributed by atoms with Crippen LogP contribution in [0.5, 0.6) is 0 Å². The largest absolute Gasteiger partial charge is 0.326 e. The molecule has 21 heavy (non-hydrogen) atoms. The van der Waals surface area contributed by atoms with Crippen LogP contribution in [0.3, 0.4) is 0 Å². The number of hydrogen-bond donors (Lipinski definition) is 2. The highest BCUT2D eigenvalue weighted by Crippen LogP contribution is 2.37. The Morgan fingerprint density at radius 1 is 1.52 bits per heavy atom. The number of sulfonamides is 1. The molecule has 1 aromatic carbocycles. The molecule has 1 heterocycles. The van der Waals surface area contributed by atoms with E-state index in [2.05, 4.69) is 20.7 Å². The Labute approximate surface area is 137 Å². The fraction of sp³-hybridized carbons (Fsp3) is 0.538. The van der Waals surface area contributed by atoms with Crippen molar-refractivity contribution in [3.8, 4) is 0 Å². The molecular formula is C13H18BrFN2O2S2. The maximum absolute atomic E-state index is 14.2. The van der Waals surface area contributed by atoms with Crippen LogP contribution in [0.4, 0.5) is 4.39 Å². The fourth-order valence-corrected chi connectivity index (χ4v) is 5.57. The highest BCUT2D eigenvalue weighted by atomic mass is 79.9. The average molecular weight is 397 g/mol. The zero-order valence-electron chi connectivity index (χ0n) is 11.7. The Morgan fingerprint density at radius 3 is 2.81 bits per heavy atom. The summed E-state index contributed by atoms with van der Waals surface area (Å²) in [5, 5.41) is 0. The molecule has 1 aliphatic rings. The van der Waals surface area contributed by atoms with Crippen molar-refractivity contribution in [1.82, 2.24) is 4.72 Å². The lowest BCUT2D eigenvalue weighted by Crippen LogP contribution is -2.37. The van der Waals surface area contributed by atoms with E-state index in [1.807, 2.05) is 6.92 Å². The van der Waals surface area contributed by atoms with E-state index in [1.54, 1.807) is 11.8 Å². The van der Waals surface area contributed by atoms with Crippen LogP contribution in [0.1, 0.15) is 25.3 Å². The summed E-state index contributed by atoms with van der Waals surface area (Å²) in [6.07, 6.45) is 2.03. The monoisotopic (exact) mass is 396 g/mol. The van der Waals surface area contributed by atoms with Crippen molar-refractivity contribution >= 4 is 37.7 Å². The second-order valence-electron chi connectivity index (χ2n) is 5.31. The first-order valence-corrected chi connectivity index (χ1v) is 9.85. The van der Waals surface area contributed by atoms with Gasteiger partial charge in [-0.3, -0.25) is 0 Å². The molecule has 1 fully saturated rings. The topological polar surface area (TPSA) is 72.2 Å². The summed E-state index contributed by atoms with van der Waals surface area (Å²) >= 11 is 4.94. The van der Waals surface area contributed by atoms with E-state index in [9.17, 15) is 12.8 Å². The number of nitrogens with two attached hydrogens (primary N) is 1. The SMILES string of the molecule is CC1(CNS(=O)(=O)c2cc(Br)cc(CN)c2F)CCCS1. The van der Waals surface area contributed by atoms with E-state index in [4.69, 9.17) is 5.73 Å². The smallest absolute Gasteiger partial charge is 0.243 e. The van der Waals surface area contributed by atoms with E-state index in [0.29, 0.717) is 11.0 Å². The van der Waals surface area contributed by atoms with Crippen molar-refractivity contribution < 1.29 is 12.8 Å². The molecule has 0 spiro atoms. The molecule has 0 aromatic heterocycles. The molecule has 4 nitrogen and oxygen atoms in total. The van der Waals surface area contributed by atoms with Crippen LogP contribution in [-0.2, 0) is 16.6 Å². The second-order valence-corrected chi connectivity index (χ2v) is 9.64. The first-order valence-electron chi connectivity index (χ1n) is 6.59. The molecule has 1 atom stereocenters. The number of hydrogen-bond acceptors (Lipinski definition) is 4. The lowest BCUT2D eigenvalue weighted by atomic mass is 10.1. The molecule has 118 valence electrons. The highest BCUT2D eigenvalue weighted by Gasteiger charge is 2.32. The van der Waals surface area contributed by atoms with E-state index < -0.39 is 15.8 Å². The van der Waals surface area contributed by atoms with Crippen LogP contribution in [0, 0.1) is 5.82 Å². The number of nitrogens with one attached hydrogen (secondary N) is 1. The quantitative estimate of drug-likeness (QED) is 0.801. The Hall–Kier alpha value is -0.150. The Bertz CT molecular complexity index is 631. The van der Waals surface area contributed by atoms with E-state index in [0.717, 1.165) is 18.6 Å². The van der Waals surface area contributed by atoms with Crippen LogP contribution in [0.15, 0.2) is 21.5 Å². The van der Waals surface area contributed by atoms with Gasteiger partial charge in [0.25, 0.3) is 0 Å². The predicted molar refractivity (Wildman–Crippen MR) is 87.3 cm³/mol. The van der Waals surface area contributed by atoms with Gasteiger partial charge in [0.15, 0.2) is 0 Å². The maximum Gasteiger partial charge on any atom is 0.243 e. The number of rotatable bonds is 5. The van der Waals surface area contributed by atoms with Crippen molar-refractivity contribution in [1.29, 1.82) is 0 Å². The van der Waals surface area contributed by atoms with Gasteiger partial charge >= 0.3 is 0 Å². The molecule has 0 aliphatic carbocycles. The summed E-state index contributed by atoms with van der Waals surface area (Å²) in [5.41, 5.74) is 5.62. The molecular weight excluding hydrogens is 379 g/mol. The summed E-state index contributed by atoms with van der Waals surface area (Å²) in [5.74, 6) is 0.248. The van der Waals surface area contributed by atoms with Crippen LogP contribution < -0.4 is 10.5 Å². The van der Waals surface area contributed by atoms with Crippen LogP contribution >= 0.6 is 27.7 Å². The van der Waals surface area contributed by atoms with Gasteiger partial charge in [0.2, 0.25) is 10.0 Å². The van der Waals surface area contributed by atoms with E-state index >= 15 is 0 Å². The molecule has 1 aromatic rings. The molecule has 1 unspecified atom stereocenters. The Morgan fingerprint density at radius 2 is 2.24 bits per heavy atom. The molecule has 1 aliphatic heterocycles. The first-order chi connectivity index (χ1) is 9.77. The van der Waals surface area contributed by atoms with Crippen molar-refractivity contribution in [2.45, 2.75) is 36.0 Å². The van der Waals surface area contributed by atoms with Gasteiger partial charge in [-0.25, -0.2) is 17.5 Å². The molecule has 0 amide bonds.